The number of nitrogens with zero attached hydrogens (tertiary/aromatic N) is 3. The molecule has 1 aromatic rings. The summed E-state index contributed by atoms with van der Waals surface area (Å²) in [4.78, 5) is 26.5. The molecule has 2 heterocycles. The van der Waals surface area contributed by atoms with E-state index in [1.807, 2.05) is 13.8 Å². The fraction of sp³-hybridized carbons (Fsp3) is 0.765. The lowest BCUT2D eigenvalue weighted by molar-refractivity contribution is -0.134. The van der Waals surface area contributed by atoms with Crippen LogP contribution in [-0.4, -0.2) is 57.0 Å². The number of aromatic nitrogens is 2. The Labute approximate surface area is 168 Å². The molecule has 2 unspecified atom stereocenters. The van der Waals surface area contributed by atoms with E-state index >= 15 is 0 Å². The van der Waals surface area contributed by atoms with Gasteiger partial charge in [0.15, 0.2) is 8.68 Å². The van der Waals surface area contributed by atoms with Crippen LogP contribution in [0.5, 0.6) is 0 Å². The highest BCUT2D eigenvalue weighted by molar-refractivity contribution is 8.04. The number of carbonyl (C=O) groups excluding carboxylic acids is 2. The van der Waals surface area contributed by atoms with Gasteiger partial charge in [-0.2, -0.15) is 0 Å². The molecule has 2 amide bonds. The van der Waals surface area contributed by atoms with Crippen molar-refractivity contribution in [3.05, 3.63) is 0 Å². The summed E-state index contributed by atoms with van der Waals surface area (Å²) in [6, 6.07) is 0.376. The van der Waals surface area contributed by atoms with Crippen molar-refractivity contribution in [2.45, 2.75) is 72.8 Å². The van der Waals surface area contributed by atoms with Crippen LogP contribution in [-0.2, 0) is 9.59 Å². The molecule has 1 aromatic heterocycles. The number of hydrogen-bond acceptors (Lipinski definition) is 7. The molecule has 0 bridgehead atoms. The van der Waals surface area contributed by atoms with Crippen LogP contribution < -0.4 is 5.32 Å². The van der Waals surface area contributed by atoms with E-state index in [1.165, 1.54) is 41.3 Å². The van der Waals surface area contributed by atoms with Gasteiger partial charge < -0.3 is 10.2 Å². The molecule has 2 atom stereocenters. The second kappa shape index (κ2) is 11.1. The average molecular weight is 417 g/mol. The van der Waals surface area contributed by atoms with Crippen molar-refractivity contribution in [2.24, 2.45) is 0 Å². The molecule has 1 saturated heterocycles. The molecule has 1 aliphatic rings. The van der Waals surface area contributed by atoms with Crippen molar-refractivity contribution in [3.8, 4) is 0 Å². The van der Waals surface area contributed by atoms with Crippen LogP contribution in [0.15, 0.2) is 8.68 Å². The van der Waals surface area contributed by atoms with Gasteiger partial charge in [-0.1, -0.05) is 48.7 Å². The van der Waals surface area contributed by atoms with Crippen LogP contribution in [0.25, 0.3) is 0 Å². The zero-order valence-electron chi connectivity index (χ0n) is 15.7. The number of carbonyl (C=O) groups is 2. The van der Waals surface area contributed by atoms with E-state index in [4.69, 9.17) is 0 Å². The molecular weight excluding hydrogens is 388 g/mol. The Morgan fingerprint density at radius 1 is 1.31 bits per heavy atom. The highest BCUT2D eigenvalue weighted by Gasteiger charge is 2.29. The Bertz CT molecular complexity index is 596. The van der Waals surface area contributed by atoms with Crippen LogP contribution in [0, 0.1) is 0 Å². The maximum absolute atomic E-state index is 12.8. The highest BCUT2D eigenvalue weighted by Crippen LogP contribution is 2.32. The number of hydrogen-bond donors (Lipinski definition) is 1. The molecule has 26 heavy (non-hydrogen) atoms. The summed E-state index contributed by atoms with van der Waals surface area (Å²) in [5.74, 6) is 0.560. The van der Waals surface area contributed by atoms with Gasteiger partial charge in [0, 0.05) is 19.1 Å². The van der Waals surface area contributed by atoms with Crippen LogP contribution in [0.2, 0.25) is 0 Å². The van der Waals surface area contributed by atoms with E-state index in [-0.39, 0.29) is 17.1 Å². The minimum atomic E-state index is -0.166. The second-order valence-corrected chi connectivity index (χ2v) is 10.1. The number of likely N-dealkylation sites (tertiary alicyclic amines) is 1. The standard InChI is InChI=1S/C17H28N4O2S3/c1-4-9-18-14(22)11-24-16-19-20-17(26-16)25-12(3)15(23)21-10-7-6-8-13(21)5-2/h12-13H,4-11H2,1-3H3,(H,18,22). The molecule has 0 radical (unpaired) electrons. The normalized spacial score (nSPS) is 18.6. The van der Waals surface area contributed by atoms with E-state index in [1.54, 1.807) is 0 Å². The number of piperidine rings is 1. The van der Waals surface area contributed by atoms with Crippen molar-refractivity contribution >= 4 is 46.7 Å². The smallest absolute Gasteiger partial charge is 0.236 e. The Morgan fingerprint density at radius 3 is 2.81 bits per heavy atom. The van der Waals surface area contributed by atoms with Crippen LogP contribution >= 0.6 is 34.9 Å². The minimum absolute atomic E-state index is 0.0144. The first-order valence-electron chi connectivity index (χ1n) is 9.25. The number of rotatable bonds is 9. The summed E-state index contributed by atoms with van der Waals surface area (Å²) in [5, 5.41) is 11.0. The zero-order valence-corrected chi connectivity index (χ0v) is 18.1. The van der Waals surface area contributed by atoms with Gasteiger partial charge in [0.05, 0.1) is 11.0 Å². The van der Waals surface area contributed by atoms with Gasteiger partial charge in [-0.15, -0.1) is 10.2 Å². The minimum Gasteiger partial charge on any atom is -0.355 e. The third-order valence-corrected chi connectivity index (χ3v) is 7.52. The van der Waals surface area contributed by atoms with Crippen LogP contribution in [0.3, 0.4) is 0 Å². The van der Waals surface area contributed by atoms with E-state index in [9.17, 15) is 9.59 Å². The van der Waals surface area contributed by atoms with E-state index < -0.39 is 0 Å². The quantitative estimate of drug-likeness (QED) is 0.622. The zero-order chi connectivity index (χ0) is 18.9. The monoisotopic (exact) mass is 416 g/mol. The van der Waals surface area contributed by atoms with Gasteiger partial charge in [0.2, 0.25) is 11.8 Å². The number of thioether (sulfide) groups is 2. The Balaban J connectivity index is 1.83. The molecule has 2 rings (SSSR count). The molecule has 0 aliphatic carbocycles. The lowest BCUT2D eigenvalue weighted by atomic mass is 10.00. The summed E-state index contributed by atoms with van der Waals surface area (Å²) in [6.45, 7) is 7.69. The molecule has 0 aromatic carbocycles. The summed E-state index contributed by atoms with van der Waals surface area (Å²) >= 11 is 4.31. The molecular formula is C17H28N4O2S3. The molecule has 6 nitrogen and oxygen atoms in total. The van der Waals surface area contributed by atoms with E-state index in [0.29, 0.717) is 18.3 Å². The molecule has 1 N–H and O–H groups in total. The van der Waals surface area contributed by atoms with Gasteiger partial charge in [-0.05, 0) is 39.0 Å². The average Bonchev–Trinajstić information content (AvgIpc) is 3.11. The SMILES string of the molecule is CCCNC(=O)CSc1nnc(SC(C)C(=O)N2CCCCC2CC)s1. The molecule has 146 valence electrons. The maximum Gasteiger partial charge on any atom is 0.236 e. The first-order valence-corrected chi connectivity index (χ1v) is 11.9. The summed E-state index contributed by atoms with van der Waals surface area (Å²) < 4.78 is 1.55. The van der Waals surface area contributed by atoms with E-state index in [0.717, 1.165) is 40.9 Å². The van der Waals surface area contributed by atoms with Gasteiger partial charge in [0.1, 0.15) is 0 Å². The van der Waals surface area contributed by atoms with Crippen molar-refractivity contribution in [3.63, 3.8) is 0 Å². The first-order chi connectivity index (χ1) is 12.5. The lowest BCUT2D eigenvalue weighted by Gasteiger charge is -2.36. The van der Waals surface area contributed by atoms with Gasteiger partial charge >= 0.3 is 0 Å². The third-order valence-electron chi connectivity index (χ3n) is 4.29. The molecule has 1 aliphatic heterocycles. The Kier molecular flexibility index (Phi) is 9.21. The fourth-order valence-corrected chi connectivity index (χ4v) is 5.96. The van der Waals surface area contributed by atoms with E-state index in [2.05, 4.69) is 27.3 Å². The Morgan fingerprint density at radius 2 is 2.08 bits per heavy atom. The summed E-state index contributed by atoms with van der Waals surface area (Å²) in [6.07, 6.45) is 5.37. The van der Waals surface area contributed by atoms with Gasteiger partial charge in [-0.3, -0.25) is 9.59 Å². The number of nitrogens with one attached hydrogen (secondary N) is 1. The molecule has 0 saturated carbocycles. The lowest BCUT2D eigenvalue weighted by Crippen LogP contribution is -2.46. The number of amides is 2. The first kappa shape index (κ1) is 21.5. The van der Waals surface area contributed by atoms with Crippen LogP contribution in [0.4, 0.5) is 0 Å². The molecule has 1 fully saturated rings. The van der Waals surface area contributed by atoms with Gasteiger partial charge in [0.25, 0.3) is 0 Å². The summed E-state index contributed by atoms with van der Waals surface area (Å²) in [5.41, 5.74) is 0. The molecule has 0 spiro atoms. The van der Waals surface area contributed by atoms with Gasteiger partial charge in [-0.25, -0.2) is 0 Å². The maximum atomic E-state index is 12.8. The van der Waals surface area contributed by atoms with Crippen molar-refractivity contribution in [1.82, 2.24) is 20.4 Å². The predicted octanol–water partition coefficient (Wildman–Crippen LogP) is 3.43. The Hall–Kier alpha value is -0.800. The second-order valence-electron chi connectivity index (χ2n) is 6.32. The predicted molar refractivity (Wildman–Crippen MR) is 109 cm³/mol. The summed E-state index contributed by atoms with van der Waals surface area (Å²) in [7, 11) is 0. The highest BCUT2D eigenvalue weighted by atomic mass is 32.2. The largest absolute Gasteiger partial charge is 0.355 e. The van der Waals surface area contributed by atoms with Crippen molar-refractivity contribution in [2.75, 3.05) is 18.8 Å². The fourth-order valence-electron chi connectivity index (χ4n) is 2.90. The van der Waals surface area contributed by atoms with Crippen molar-refractivity contribution < 1.29 is 9.59 Å². The topological polar surface area (TPSA) is 75.2 Å². The van der Waals surface area contributed by atoms with Crippen molar-refractivity contribution in [1.29, 1.82) is 0 Å². The van der Waals surface area contributed by atoms with Crippen LogP contribution in [0.1, 0.15) is 52.9 Å². The third kappa shape index (κ3) is 6.42. The molecule has 9 heteroatoms.